The molecular weight excluding hydrogens is 388 g/mol. The molecule has 0 unspecified atom stereocenters. The quantitative estimate of drug-likeness (QED) is 0.609. The van der Waals surface area contributed by atoms with E-state index in [0.29, 0.717) is 6.61 Å². The van der Waals surface area contributed by atoms with E-state index in [9.17, 15) is 4.79 Å². The molecule has 1 saturated carbocycles. The molecule has 0 bridgehead atoms. The molecule has 1 aromatic carbocycles. The molecule has 168 valence electrons. The summed E-state index contributed by atoms with van der Waals surface area (Å²) in [5.41, 5.74) is 4.87. The van der Waals surface area contributed by atoms with Crippen molar-refractivity contribution in [2.24, 2.45) is 0 Å². The summed E-state index contributed by atoms with van der Waals surface area (Å²) in [6, 6.07) is 2.83. The molecule has 31 heavy (non-hydrogen) atoms. The highest BCUT2D eigenvalue weighted by Crippen LogP contribution is 2.37. The maximum Gasteiger partial charge on any atom is 0.246 e. The molecule has 0 atom stereocenters. The number of carbonyl (C=O) groups excluding carboxylic acids is 1. The highest BCUT2D eigenvalue weighted by Gasteiger charge is 2.26. The summed E-state index contributed by atoms with van der Waals surface area (Å²) >= 11 is 0. The van der Waals surface area contributed by atoms with Gasteiger partial charge in [0.2, 0.25) is 5.91 Å². The fourth-order valence-corrected chi connectivity index (χ4v) is 5.17. The fraction of sp³-hybridized carbons (Fsp3) is 0.577. The molecule has 1 saturated heterocycles. The Hall–Kier alpha value is -2.27. The number of aryl methyl sites for hydroxylation is 2. The second kappa shape index (κ2) is 9.47. The molecular formula is C26H36N2O3. The summed E-state index contributed by atoms with van der Waals surface area (Å²) in [6.07, 6.45) is 10.3. The van der Waals surface area contributed by atoms with Gasteiger partial charge in [-0.2, -0.15) is 0 Å². The molecule has 0 radical (unpaired) electrons. The maximum absolute atomic E-state index is 13.1. The molecule has 4 rings (SSSR count). The van der Waals surface area contributed by atoms with Gasteiger partial charge in [0.05, 0.1) is 12.9 Å². The van der Waals surface area contributed by atoms with E-state index in [1.165, 1.54) is 32.1 Å². The topological polar surface area (TPSA) is 45.9 Å². The molecule has 1 amide bonds. The summed E-state index contributed by atoms with van der Waals surface area (Å²) < 4.78 is 11.7. The lowest BCUT2D eigenvalue weighted by atomic mass is 9.94. The van der Waals surface area contributed by atoms with Gasteiger partial charge in [0, 0.05) is 54.8 Å². The zero-order chi connectivity index (χ0) is 22.0. The van der Waals surface area contributed by atoms with Crippen LogP contribution in [0.1, 0.15) is 62.6 Å². The minimum Gasteiger partial charge on any atom is -0.493 e. The van der Waals surface area contributed by atoms with E-state index in [4.69, 9.17) is 9.15 Å². The maximum atomic E-state index is 13.1. The van der Waals surface area contributed by atoms with Crippen molar-refractivity contribution >= 4 is 22.4 Å². The van der Waals surface area contributed by atoms with Gasteiger partial charge in [0.1, 0.15) is 11.3 Å². The lowest BCUT2D eigenvalue weighted by Crippen LogP contribution is -2.52. The number of carbonyl (C=O) groups is 1. The Labute approximate surface area is 186 Å². The first-order chi connectivity index (χ1) is 15.0. The molecule has 1 aliphatic heterocycles. The summed E-state index contributed by atoms with van der Waals surface area (Å²) in [7, 11) is 0. The van der Waals surface area contributed by atoms with Gasteiger partial charge < -0.3 is 14.1 Å². The van der Waals surface area contributed by atoms with Crippen LogP contribution < -0.4 is 4.74 Å². The average Bonchev–Trinajstić information content (AvgIpc) is 3.17. The van der Waals surface area contributed by atoms with Crippen LogP contribution in [0.3, 0.4) is 0 Å². The largest absolute Gasteiger partial charge is 0.493 e. The second-order valence-corrected chi connectivity index (χ2v) is 9.09. The fourth-order valence-electron chi connectivity index (χ4n) is 5.17. The predicted octanol–water partition coefficient (Wildman–Crippen LogP) is 5.33. The van der Waals surface area contributed by atoms with Crippen molar-refractivity contribution in [2.45, 2.75) is 65.8 Å². The summed E-state index contributed by atoms with van der Waals surface area (Å²) in [5, 5.41) is 1.08. The minimum atomic E-state index is 0.102. The van der Waals surface area contributed by atoms with Gasteiger partial charge in [-0.25, -0.2) is 0 Å². The van der Waals surface area contributed by atoms with Gasteiger partial charge in [0.15, 0.2) is 0 Å². The Kier molecular flexibility index (Phi) is 6.71. The van der Waals surface area contributed by atoms with Gasteiger partial charge in [-0.15, -0.1) is 0 Å². The van der Waals surface area contributed by atoms with E-state index >= 15 is 0 Å². The number of furan rings is 1. The third-order valence-corrected chi connectivity index (χ3v) is 7.01. The number of benzene rings is 1. The normalized spacial score (nSPS) is 19.2. The van der Waals surface area contributed by atoms with Gasteiger partial charge in [-0.3, -0.25) is 9.69 Å². The Bertz CT molecular complexity index is 961. The number of ether oxygens (including phenoxy) is 1. The Balaban J connectivity index is 1.51. The molecule has 5 nitrogen and oxygen atoms in total. The number of rotatable bonds is 5. The molecule has 2 fully saturated rings. The molecule has 1 aliphatic carbocycles. The van der Waals surface area contributed by atoms with Crippen LogP contribution >= 0.6 is 0 Å². The number of amides is 1. The van der Waals surface area contributed by atoms with Crippen molar-refractivity contribution in [1.29, 1.82) is 0 Å². The number of piperazine rings is 1. The van der Waals surface area contributed by atoms with Crippen molar-refractivity contribution in [2.75, 3.05) is 32.8 Å². The number of hydrogen-bond acceptors (Lipinski definition) is 4. The van der Waals surface area contributed by atoms with Crippen LogP contribution in [0.2, 0.25) is 0 Å². The lowest BCUT2D eigenvalue weighted by Gasteiger charge is -2.40. The highest BCUT2D eigenvalue weighted by atomic mass is 16.5. The molecule has 2 aromatic rings. The Morgan fingerprint density at radius 3 is 2.55 bits per heavy atom. The molecule has 2 aliphatic rings. The zero-order valence-corrected chi connectivity index (χ0v) is 19.5. The second-order valence-electron chi connectivity index (χ2n) is 9.09. The first-order valence-corrected chi connectivity index (χ1v) is 11.9. The van der Waals surface area contributed by atoms with Crippen LogP contribution in [-0.2, 0) is 4.79 Å². The number of allylic oxidation sites excluding steroid dienone is 1. The third-order valence-electron chi connectivity index (χ3n) is 7.01. The van der Waals surface area contributed by atoms with Crippen LogP contribution in [-0.4, -0.2) is 54.5 Å². The summed E-state index contributed by atoms with van der Waals surface area (Å²) in [4.78, 5) is 17.7. The number of hydrogen-bond donors (Lipinski definition) is 0. The van der Waals surface area contributed by atoms with Crippen LogP contribution in [0.25, 0.3) is 16.5 Å². The Morgan fingerprint density at radius 2 is 1.87 bits per heavy atom. The molecule has 0 spiro atoms. The van der Waals surface area contributed by atoms with Crippen molar-refractivity contribution < 1.29 is 13.9 Å². The number of fused-ring (bicyclic) bond motifs is 1. The van der Waals surface area contributed by atoms with Crippen molar-refractivity contribution in [3.05, 3.63) is 35.1 Å². The predicted molar refractivity (Wildman–Crippen MR) is 126 cm³/mol. The SMILES string of the molecule is CCOc1c(/C(C)=C/C(=O)N2CCN(C3CCCCC3)CC2)cc2c(C)coc2c1C. The highest BCUT2D eigenvalue weighted by molar-refractivity contribution is 5.98. The van der Waals surface area contributed by atoms with E-state index in [0.717, 1.165) is 71.2 Å². The smallest absolute Gasteiger partial charge is 0.246 e. The van der Waals surface area contributed by atoms with Crippen LogP contribution in [0, 0.1) is 13.8 Å². The Morgan fingerprint density at radius 1 is 1.16 bits per heavy atom. The average molecular weight is 425 g/mol. The number of nitrogens with zero attached hydrogens (tertiary/aromatic N) is 2. The van der Waals surface area contributed by atoms with Gasteiger partial charge >= 0.3 is 0 Å². The first-order valence-electron chi connectivity index (χ1n) is 11.9. The summed E-state index contributed by atoms with van der Waals surface area (Å²) in [6.45, 7) is 12.3. The van der Waals surface area contributed by atoms with E-state index in [2.05, 4.69) is 11.0 Å². The molecule has 1 aromatic heterocycles. The minimum absolute atomic E-state index is 0.102. The van der Waals surface area contributed by atoms with E-state index in [1.807, 2.05) is 32.6 Å². The monoisotopic (exact) mass is 424 g/mol. The zero-order valence-electron chi connectivity index (χ0n) is 19.5. The van der Waals surface area contributed by atoms with Crippen molar-refractivity contribution in [1.82, 2.24) is 9.80 Å². The molecule has 0 N–H and O–H groups in total. The van der Waals surface area contributed by atoms with Gasteiger partial charge in [-0.1, -0.05) is 19.3 Å². The third kappa shape index (κ3) is 4.52. The van der Waals surface area contributed by atoms with Gasteiger partial charge in [-0.05, 0) is 57.7 Å². The van der Waals surface area contributed by atoms with Crippen LogP contribution in [0.4, 0.5) is 0 Å². The summed E-state index contributed by atoms with van der Waals surface area (Å²) in [5.74, 6) is 0.915. The lowest BCUT2D eigenvalue weighted by molar-refractivity contribution is -0.128. The van der Waals surface area contributed by atoms with Crippen molar-refractivity contribution in [3.8, 4) is 5.75 Å². The van der Waals surface area contributed by atoms with E-state index in [1.54, 1.807) is 12.3 Å². The van der Waals surface area contributed by atoms with Crippen LogP contribution in [0.15, 0.2) is 22.8 Å². The van der Waals surface area contributed by atoms with Crippen LogP contribution in [0.5, 0.6) is 5.75 Å². The van der Waals surface area contributed by atoms with Crippen molar-refractivity contribution in [3.63, 3.8) is 0 Å². The van der Waals surface area contributed by atoms with E-state index in [-0.39, 0.29) is 5.91 Å². The molecule has 2 heterocycles. The first kappa shape index (κ1) is 21.9. The molecule has 5 heteroatoms. The van der Waals surface area contributed by atoms with Gasteiger partial charge in [0.25, 0.3) is 0 Å². The standard InChI is InChI=1S/C26H36N2O3/c1-5-30-25-20(4)26-23(19(3)17-31-26)16-22(25)18(2)15-24(29)28-13-11-27(12-14-28)21-9-7-6-8-10-21/h15-17,21H,5-14H2,1-4H3/b18-15+. The van der Waals surface area contributed by atoms with E-state index < -0.39 is 0 Å².